The average Bonchev–Trinajstić information content (AvgIpc) is 2.54. The molecule has 1 amide bonds. The third-order valence-corrected chi connectivity index (χ3v) is 2.96. The molecule has 0 fully saturated rings. The molecule has 2 aromatic rings. The van der Waals surface area contributed by atoms with E-state index in [-0.39, 0.29) is 5.56 Å². The van der Waals surface area contributed by atoms with Crippen LogP contribution in [-0.2, 0) is 0 Å². The van der Waals surface area contributed by atoms with Crippen LogP contribution in [-0.4, -0.2) is 12.1 Å². The van der Waals surface area contributed by atoms with E-state index in [0.29, 0.717) is 11.2 Å². The Kier molecular flexibility index (Phi) is 4.95. The topological polar surface area (TPSA) is 41.5 Å². The maximum atomic E-state index is 13.4. The molecule has 0 aliphatic heterocycles. The minimum absolute atomic E-state index is 0.129. The lowest BCUT2D eigenvalue weighted by molar-refractivity contribution is 0.0955. The van der Waals surface area contributed by atoms with E-state index in [0.717, 1.165) is 0 Å². The van der Waals surface area contributed by atoms with Crippen LogP contribution in [0, 0.1) is 29.1 Å². The van der Waals surface area contributed by atoms with E-state index in [9.17, 15) is 26.7 Å². The van der Waals surface area contributed by atoms with Crippen LogP contribution in [0.5, 0.6) is 0 Å². The number of rotatable bonds is 3. The first kappa shape index (κ1) is 16.9. The molecule has 0 aromatic heterocycles. The van der Waals surface area contributed by atoms with Crippen molar-refractivity contribution in [1.29, 1.82) is 0 Å². The maximum Gasteiger partial charge on any atom is 0.271 e. The fourth-order valence-electron chi connectivity index (χ4n) is 1.56. The molecule has 0 atom stereocenters. The van der Waals surface area contributed by atoms with E-state index in [4.69, 9.17) is 11.6 Å². The fourth-order valence-corrected chi connectivity index (χ4v) is 1.68. The van der Waals surface area contributed by atoms with Crippen molar-refractivity contribution in [2.45, 2.75) is 0 Å². The Hall–Kier alpha value is -2.48. The summed E-state index contributed by atoms with van der Waals surface area (Å²) < 4.78 is 65.5. The van der Waals surface area contributed by atoms with E-state index < -0.39 is 40.6 Å². The molecule has 0 saturated carbocycles. The molecular formula is C14H6ClF5N2O. The zero-order valence-corrected chi connectivity index (χ0v) is 11.8. The maximum absolute atomic E-state index is 13.4. The van der Waals surface area contributed by atoms with Crippen LogP contribution in [0.25, 0.3) is 0 Å². The summed E-state index contributed by atoms with van der Waals surface area (Å²) in [5.74, 6) is -11.3. The van der Waals surface area contributed by atoms with Gasteiger partial charge in [-0.3, -0.25) is 4.79 Å². The highest BCUT2D eigenvalue weighted by Gasteiger charge is 2.24. The summed E-state index contributed by atoms with van der Waals surface area (Å²) in [4.78, 5) is 11.6. The number of hydrazone groups is 1. The number of halogens is 6. The number of hydrogen-bond acceptors (Lipinski definition) is 2. The van der Waals surface area contributed by atoms with Gasteiger partial charge in [-0.2, -0.15) is 5.10 Å². The minimum Gasteiger partial charge on any atom is -0.267 e. The zero-order chi connectivity index (χ0) is 17.1. The number of nitrogens with zero attached hydrogens (tertiary/aromatic N) is 1. The molecular weight excluding hydrogens is 343 g/mol. The van der Waals surface area contributed by atoms with Crippen molar-refractivity contribution in [2.24, 2.45) is 5.10 Å². The van der Waals surface area contributed by atoms with Gasteiger partial charge in [-0.1, -0.05) is 11.6 Å². The van der Waals surface area contributed by atoms with E-state index in [1.807, 2.05) is 5.43 Å². The first-order valence-electron chi connectivity index (χ1n) is 5.93. The van der Waals surface area contributed by atoms with Crippen LogP contribution in [0.2, 0.25) is 5.02 Å². The quantitative estimate of drug-likeness (QED) is 0.296. The second-order valence-corrected chi connectivity index (χ2v) is 4.63. The molecule has 0 saturated heterocycles. The molecule has 9 heteroatoms. The van der Waals surface area contributed by atoms with E-state index in [1.165, 1.54) is 24.3 Å². The van der Waals surface area contributed by atoms with Gasteiger partial charge in [0.25, 0.3) is 5.91 Å². The molecule has 0 spiro atoms. The Morgan fingerprint density at radius 1 is 0.913 bits per heavy atom. The lowest BCUT2D eigenvalue weighted by atomic mass is 10.2. The first-order valence-corrected chi connectivity index (χ1v) is 6.31. The Bertz CT molecular complexity index is 764. The van der Waals surface area contributed by atoms with Crippen molar-refractivity contribution in [3.8, 4) is 0 Å². The van der Waals surface area contributed by atoms with E-state index >= 15 is 0 Å². The van der Waals surface area contributed by atoms with Crippen LogP contribution < -0.4 is 5.43 Å². The summed E-state index contributed by atoms with van der Waals surface area (Å²) in [6.45, 7) is 0. The molecule has 120 valence electrons. The van der Waals surface area contributed by atoms with Crippen molar-refractivity contribution >= 4 is 23.7 Å². The van der Waals surface area contributed by atoms with Gasteiger partial charge in [-0.15, -0.1) is 0 Å². The van der Waals surface area contributed by atoms with Gasteiger partial charge in [0.05, 0.1) is 11.8 Å². The fraction of sp³-hybridized carbons (Fsp3) is 0. The molecule has 0 heterocycles. The molecule has 3 nitrogen and oxygen atoms in total. The highest BCUT2D eigenvalue weighted by molar-refractivity contribution is 6.30. The monoisotopic (exact) mass is 348 g/mol. The third-order valence-electron chi connectivity index (χ3n) is 2.71. The van der Waals surface area contributed by atoms with Crippen molar-refractivity contribution in [3.05, 3.63) is 69.5 Å². The van der Waals surface area contributed by atoms with Gasteiger partial charge >= 0.3 is 0 Å². The van der Waals surface area contributed by atoms with Gasteiger partial charge in [0, 0.05) is 10.6 Å². The summed E-state index contributed by atoms with van der Waals surface area (Å²) in [5.41, 5.74) is 0.753. The number of benzene rings is 2. The Labute approximate surface area is 131 Å². The van der Waals surface area contributed by atoms with E-state index in [2.05, 4.69) is 5.10 Å². The summed E-state index contributed by atoms with van der Waals surface area (Å²) in [6.07, 6.45) is 0.323. The first-order chi connectivity index (χ1) is 10.8. The second-order valence-electron chi connectivity index (χ2n) is 4.19. The lowest BCUT2D eigenvalue weighted by Gasteiger charge is -2.04. The van der Waals surface area contributed by atoms with Crippen LogP contribution in [0.1, 0.15) is 15.9 Å². The number of carbonyl (C=O) groups excluding carboxylic acids is 1. The molecule has 0 aliphatic carbocycles. The SMILES string of the molecule is O=C(NN=Cc1c(F)c(F)c(F)c(F)c1F)c1ccc(Cl)cc1. The third kappa shape index (κ3) is 3.48. The predicted octanol–water partition coefficient (Wildman–Crippen LogP) is 3.80. The number of nitrogens with one attached hydrogen (secondary N) is 1. The molecule has 0 unspecified atom stereocenters. The molecule has 0 aliphatic rings. The Morgan fingerprint density at radius 3 is 1.91 bits per heavy atom. The van der Waals surface area contributed by atoms with Crippen molar-refractivity contribution < 1.29 is 26.7 Å². The molecule has 0 bridgehead atoms. The van der Waals surface area contributed by atoms with Gasteiger partial charge in [0.15, 0.2) is 23.3 Å². The standard InChI is InChI=1S/C14H6ClF5N2O/c15-7-3-1-6(2-4-7)14(23)22-21-5-8-9(16)11(18)13(20)12(19)10(8)17/h1-5H,(H,22,23). The molecule has 23 heavy (non-hydrogen) atoms. The zero-order valence-electron chi connectivity index (χ0n) is 11.0. The molecule has 1 N–H and O–H groups in total. The van der Waals surface area contributed by atoms with Crippen LogP contribution in [0.4, 0.5) is 22.0 Å². The van der Waals surface area contributed by atoms with Gasteiger partial charge < -0.3 is 0 Å². The van der Waals surface area contributed by atoms with Crippen molar-refractivity contribution in [2.75, 3.05) is 0 Å². The average molecular weight is 349 g/mol. The normalized spacial score (nSPS) is 11.0. The van der Waals surface area contributed by atoms with Crippen molar-refractivity contribution in [3.63, 3.8) is 0 Å². The molecule has 2 rings (SSSR count). The molecule has 0 radical (unpaired) electrons. The van der Waals surface area contributed by atoms with Gasteiger partial charge in [0.2, 0.25) is 5.82 Å². The summed E-state index contributed by atoms with van der Waals surface area (Å²) >= 11 is 5.63. The number of amides is 1. The Morgan fingerprint density at radius 2 is 1.39 bits per heavy atom. The van der Waals surface area contributed by atoms with Gasteiger partial charge in [0.1, 0.15) is 0 Å². The van der Waals surface area contributed by atoms with E-state index in [1.54, 1.807) is 0 Å². The van der Waals surface area contributed by atoms with Crippen LogP contribution in [0.3, 0.4) is 0 Å². The predicted molar refractivity (Wildman–Crippen MR) is 72.7 cm³/mol. The Balaban J connectivity index is 2.21. The number of carbonyl (C=O) groups is 1. The number of hydrogen-bond donors (Lipinski definition) is 1. The smallest absolute Gasteiger partial charge is 0.267 e. The summed E-state index contributed by atoms with van der Waals surface area (Å²) in [6, 6.07) is 5.55. The molecule has 2 aromatic carbocycles. The van der Waals surface area contributed by atoms with Crippen molar-refractivity contribution in [1.82, 2.24) is 5.43 Å². The van der Waals surface area contributed by atoms with Gasteiger partial charge in [-0.05, 0) is 24.3 Å². The van der Waals surface area contributed by atoms with Crippen LogP contribution >= 0.6 is 11.6 Å². The highest BCUT2D eigenvalue weighted by Crippen LogP contribution is 2.21. The summed E-state index contributed by atoms with van der Waals surface area (Å²) in [5, 5.41) is 3.56. The van der Waals surface area contributed by atoms with Crippen LogP contribution in [0.15, 0.2) is 29.4 Å². The lowest BCUT2D eigenvalue weighted by Crippen LogP contribution is -2.18. The second kappa shape index (κ2) is 6.74. The van der Waals surface area contributed by atoms with Gasteiger partial charge in [-0.25, -0.2) is 27.4 Å². The largest absolute Gasteiger partial charge is 0.271 e. The summed E-state index contributed by atoms with van der Waals surface area (Å²) in [7, 11) is 0. The highest BCUT2D eigenvalue weighted by atomic mass is 35.5. The minimum atomic E-state index is -2.28.